The largest absolute Gasteiger partial charge is 0.394 e. The molecule has 6 heteroatoms. The summed E-state index contributed by atoms with van der Waals surface area (Å²) in [6, 6.07) is 8.71. The second-order valence-corrected chi connectivity index (χ2v) is 5.06. The Hall–Kier alpha value is -2.73. The lowest BCUT2D eigenvalue weighted by Gasteiger charge is -2.15. The van der Waals surface area contributed by atoms with E-state index in [9.17, 15) is 19.5 Å². The fourth-order valence-corrected chi connectivity index (χ4v) is 2.17. The molecular weight excluding hydrogens is 296 g/mol. The Kier molecular flexibility index (Phi) is 5.43. The van der Waals surface area contributed by atoms with E-state index in [4.69, 9.17) is 0 Å². The van der Waals surface area contributed by atoms with Crippen molar-refractivity contribution >= 4 is 11.9 Å². The van der Waals surface area contributed by atoms with Crippen molar-refractivity contribution in [2.24, 2.45) is 0 Å². The molecule has 23 heavy (non-hydrogen) atoms. The number of carbonyl (C=O) groups is 1. The van der Waals surface area contributed by atoms with Gasteiger partial charge in [0.25, 0.3) is 5.56 Å². The minimum Gasteiger partial charge on any atom is -0.394 e. The van der Waals surface area contributed by atoms with Gasteiger partial charge in [-0.3, -0.25) is 19.1 Å². The van der Waals surface area contributed by atoms with E-state index < -0.39 is 23.1 Å². The van der Waals surface area contributed by atoms with Crippen molar-refractivity contribution in [3.63, 3.8) is 0 Å². The van der Waals surface area contributed by atoms with Gasteiger partial charge in [-0.15, -0.1) is 0 Å². The molecule has 2 N–H and O–H groups in total. The number of rotatable bonds is 6. The Morgan fingerprint density at radius 1 is 1.30 bits per heavy atom. The summed E-state index contributed by atoms with van der Waals surface area (Å²) in [7, 11) is 0. The SMILES string of the molecule is CC[C@H](CO)n1cc(C(=O)/C=C/c2ccccc2)c(=O)[nH]c1=O. The molecular formula is C17H18N2O4. The lowest BCUT2D eigenvalue weighted by atomic mass is 10.1. The number of aliphatic hydroxyl groups excluding tert-OH is 1. The fraction of sp³-hybridized carbons (Fsp3) is 0.235. The Morgan fingerprint density at radius 3 is 2.61 bits per heavy atom. The van der Waals surface area contributed by atoms with Crippen LogP contribution in [0.3, 0.4) is 0 Å². The van der Waals surface area contributed by atoms with Gasteiger partial charge in [0.15, 0.2) is 5.78 Å². The minimum atomic E-state index is -0.734. The monoisotopic (exact) mass is 314 g/mol. The summed E-state index contributed by atoms with van der Waals surface area (Å²) in [5.41, 5.74) is -0.683. The molecule has 6 nitrogen and oxygen atoms in total. The van der Waals surface area contributed by atoms with Crippen LogP contribution in [0.5, 0.6) is 0 Å². The van der Waals surface area contributed by atoms with Crippen LogP contribution in [0.1, 0.15) is 35.3 Å². The van der Waals surface area contributed by atoms with Crippen LogP contribution in [0, 0.1) is 0 Å². The zero-order valence-corrected chi connectivity index (χ0v) is 12.7. The van der Waals surface area contributed by atoms with Gasteiger partial charge in [-0.2, -0.15) is 0 Å². The third-order valence-electron chi connectivity index (χ3n) is 3.54. The van der Waals surface area contributed by atoms with Crippen molar-refractivity contribution in [1.82, 2.24) is 9.55 Å². The lowest BCUT2D eigenvalue weighted by Crippen LogP contribution is -2.36. The average Bonchev–Trinajstić information content (AvgIpc) is 2.56. The van der Waals surface area contributed by atoms with E-state index in [1.165, 1.54) is 16.8 Å². The van der Waals surface area contributed by atoms with Crippen molar-refractivity contribution in [1.29, 1.82) is 0 Å². The van der Waals surface area contributed by atoms with Gasteiger partial charge >= 0.3 is 5.69 Å². The Bertz CT molecular complexity index is 814. The number of hydrogen-bond donors (Lipinski definition) is 2. The zero-order chi connectivity index (χ0) is 16.8. The van der Waals surface area contributed by atoms with Crippen molar-refractivity contribution in [2.45, 2.75) is 19.4 Å². The maximum atomic E-state index is 12.2. The first-order chi connectivity index (χ1) is 11.1. The Balaban J connectivity index is 2.37. The van der Waals surface area contributed by atoms with E-state index in [1.54, 1.807) is 13.0 Å². The summed E-state index contributed by atoms with van der Waals surface area (Å²) < 4.78 is 1.19. The van der Waals surface area contributed by atoms with Crippen molar-refractivity contribution in [2.75, 3.05) is 6.61 Å². The molecule has 1 aromatic carbocycles. The number of ketones is 1. The van der Waals surface area contributed by atoms with Gasteiger partial charge in [-0.05, 0) is 18.1 Å². The van der Waals surface area contributed by atoms with Gasteiger partial charge < -0.3 is 5.11 Å². The van der Waals surface area contributed by atoms with E-state index in [0.717, 1.165) is 5.56 Å². The van der Waals surface area contributed by atoms with Crippen LogP contribution in [0.15, 0.2) is 52.2 Å². The highest BCUT2D eigenvalue weighted by atomic mass is 16.3. The van der Waals surface area contributed by atoms with Gasteiger partial charge in [-0.25, -0.2) is 4.79 Å². The molecule has 0 fully saturated rings. The smallest absolute Gasteiger partial charge is 0.328 e. The van der Waals surface area contributed by atoms with Crippen LogP contribution in [-0.2, 0) is 0 Å². The standard InChI is InChI=1S/C17H18N2O4/c1-2-13(11-20)19-10-14(16(22)18-17(19)23)15(21)9-8-12-6-4-3-5-7-12/h3-10,13,20H,2,11H2,1H3,(H,18,22,23)/b9-8+/t13-/m1/s1. The van der Waals surface area contributed by atoms with Gasteiger partial charge in [0, 0.05) is 6.20 Å². The van der Waals surface area contributed by atoms with Crippen LogP contribution in [0.4, 0.5) is 0 Å². The van der Waals surface area contributed by atoms with Gasteiger partial charge in [-0.1, -0.05) is 43.3 Å². The summed E-state index contributed by atoms with van der Waals surface area (Å²) in [4.78, 5) is 38.0. The molecule has 0 aliphatic heterocycles. The van der Waals surface area contributed by atoms with E-state index in [1.807, 2.05) is 30.3 Å². The van der Waals surface area contributed by atoms with Crippen LogP contribution in [0.25, 0.3) is 6.08 Å². The summed E-state index contributed by atoms with van der Waals surface area (Å²) >= 11 is 0. The van der Waals surface area contributed by atoms with Crippen molar-refractivity contribution < 1.29 is 9.90 Å². The number of carbonyl (C=O) groups excluding carboxylic acids is 1. The number of aliphatic hydroxyl groups is 1. The predicted molar refractivity (Wildman–Crippen MR) is 87.5 cm³/mol. The van der Waals surface area contributed by atoms with Crippen LogP contribution in [-0.4, -0.2) is 27.0 Å². The first-order valence-electron chi connectivity index (χ1n) is 7.30. The molecule has 2 rings (SSSR count). The summed E-state index contributed by atoms with van der Waals surface area (Å²) in [6.45, 7) is 1.55. The number of benzene rings is 1. The minimum absolute atomic E-state index is 0.135. The molecule has 1 atom stereocenters. The molecule has 0 saturated carbocycles. The lowest BCUT2D eigenvalue weighted by molar-refractivity contribution is 0.104. The fourth-order valence-electron chi connectivity index (χ4n) is 2.17. The molecule has 120 valence electrons. The number of nitrogens with one attached hydrogen (secondary N) is 1. The van der Waals surface area contributed by atoms with Crippen LogP contribution < -0.4 is 11.2 Å². The maximum absolute atomic E-state index is 12.2. The molecule has 0 aliphatic carbocycles. The molecule has 1 heterocycles. The number of hydrogen-bond acceptors (Lipinski definition) is 4. The Labute approximate surface area is 132 Å². The van der Waals surface area contributed by atoms with E-state index >= 15 is 0 Å². The predicted octanol–water partition coefficient (Wildman–Crippen LogP) is 1.38. The quantitative estimate of drug-likeness (QED) is 0.622. The first kappa shape index (κ1) is 16.6. The second-order valence-electron chi connectivity index (χ2n) is 5.06. The zero-order valence-electron chi connectivity index (χ0n) is 12.7. The molecule has 0 saturated heterocycles. The normalized spacial score (nSPS) is 12.4. The third-order valence-corrected chi connectivity index (χ3v) is 3.54. The molecule has 0 aliphatic rings. The van der Waals surface area contributed by atoms with Crippen molar-refractivity contribution in [3.05, 3.63) is 74.6 Å². The van der Waals surface area contributed by atoms with E-state index in [-0.39, 0.29) is 12.2 Å². The van der Waals surface area contributed by atoms with Crippen LogP contribution in [0.2, 0.25) is 0 Å². The average molecular weight is 314 g/mol. The van der Waals surface area contributed by atoms with Crippen molar-refractivity contribution in [3.8, 4) is 0 Å². The topological polar surface area (TPSA) is 92.2 Å². The first-order valence-corrected chi connectivity index (χ1v) is 7.30. The molecule has 0 spiro atoms. The van der Waals surface area contributed by atoms with Gasteiger partial charge in [0.2, 0.25) is 0 Å². The summed E-state index contributed by atoms with van der Waals surface area (Å²) in [6.07, 6.45) is 4.59. The highest BCUT2D eigenvalue weighted by Gasteiger charge is 2.15. The third kappa shape index (κ3) is 3.92. The summed E-state index contributed by atoms with van der Waals surface area (Å²) in [5, 5.41) is 9.30. The van der Waals surface area contributed by atoms with Gasteiger partial charge in [0.1, 0.15) is 5.56 Å². The van der Waals surface area contributed by atoms with Gasteiger partial charge in [0.05, 0.1) is 12.6 Å². The molecule has 0 amide bonds. The number of aromatic amines is 1. The molecule has 1 aromatic heterocycles. The number of nitrogens with zero attached hydrogens (tertiary/aromatic N) is 1. The molecule has 0 radical (unpaired) electrons. The highest BCUT2D eigenvalue weighted by Crippen LogP contribution is 2.08. The molecule has 0 bridgehead atoms. The number of allylic oxidation sites excluding steroid dienone is 1. The van der Waals surface area contributed by atoms with E-state index in [2.05, 4.69) is 4.98 Å². The maximum Gasteiger partial charge on any atom is 0.328 e. The molecule has 0 unspecified atom stereocenters. The van der Waals surface area contributed by atoms with E-state index in [0.29, 0.717) is 6.42 Å². The number of aromatic nitrogens is 2. The number of H-pyrrole nitrogens is 1. The highest BCUT2D eigenvalue weighted by molar-refractivity contribution is 6.06. The second kappa shape index (κ2) is 7.51. The summed E-state index contributed by atoms with van der Waals surface area (Å²) in [5.74, 6) is -0.503. The Morgan fingerprint density at radius 2 is 2.00 bits per heavy atom. The molecule has 2 aromatic rings. The van der Waals surface area contributed by atoms with Crippen LogP contribution >= 0.6 is 0 Å².